The van der Waals surface area contributed by atoms with Crippen molar-refractivity contribution in [2.24, 2.45) is 0 Å². The highest BCUT2D eigenvalue weighted by Crippen LogP contribution is 2.14. The number of hydrogen-bond donors (Lipinski definition) is 1. The molecule has 0 amide bonds. The van der Waals surface area contributed by atoms with Crippen LogP contribution in [0.1, 0.15) is 16.7 Å². The van der Waals surface area contributed by atoms with Gasteiger partial charge in [0.2, 0.25) is 0 Å². The fourth-order valence-corrected chi connectivity index (χ4v) is 1.72. The fraction of sp³-hybridized carbons (Fsp3) is 0.462. The molecule has 1 aromatic rings. The van der Waals surface area contributed by atoms with Crippen LogP contribution in [0, 0.1) is 13.8 Å². The van der Waals surface area contributed by atoms with E-state index < -0.39 is 12.0 Å². The molecule has 88 valence electrons. The van der Waals surface area contributed by atoms with Crippen molar-refractivity contribution in [2.45, 2.75) is 26.3 Å². The van der Waals surface area contributed by atoms with Gasteiger partial charge in [-0.2, -0.15) is 0 Å². The number of aliphatic carboxylic acids is 1. The van der Waals surface area contributed by atoms with E-state index in [0.717, 1.165) is 11.1 Å². The second-order valence-corrected chi connectivity index (χ2v) is 4.45. The maximum atomic E-state index is 11.1. The molecule has 1 aromatic carbocycles. The summed E-state index contributed by atoms with van der Waals surface area (Å²) >= 11 is 0. The zero-order valence-electron chi connectivity index (χ0n) is 10.3. The first kappa shape index (κ1) is 12.7. The summed E-state index contributed by atoms with van der Waals surface area (Å²) < 4.78 is 0. The Bertz CT molecular complexity index is 386. The van der Waals surface area contributed by atoms with E-state index in [2.05, 4.69) is 6.07 Å². The van der Waals surface area contributed by atoms with Gasteiger partial charge in [-0.1, -0.05) is 23.8 Å². The maximum Gasteiger partial charge on any atom is 0.321 e. The van der Waals surface area contributed by atoms with Crippen LogP contribution in [0.3, 0.4) is 0 Å². The van der Waals surface area contributed by atoms with Gasteiger partial charge in [0.25, 0.3) is 0 Å². The van der Waals surface area contributed by atoms with Gasteiger partial charge in [-0.25, -0.2) is 0 Å². The Morgan fingerprint density at radius 3 is 2.50 bits per heavy atom. The van der Waals surface area contributed by atoms with Crippen LogP contribution in [-0.4, -0.2) is 36.1 Å². The highest BCUT2D eigenvalue weighted by atomic mass is 16.4. The lowest BCUT2D eigenvalue weighted by atomic mass is 9.98. The van der Waals surface area contributed by atoms with Gasteiger partial charge in [-0.3, -0.25) is 9.69 Å². The molecular weight excluding hydrogens is 202 g/mol. The van der Waals surface area contributed by atoms with Crippen LogP contribution in [0.15, 0.2) is 18.2 Å². The Kier molecular flexibility index (Phi) is 4.07. The molecule has 0 saturated heterocycles. The minimum absolute atomic E-state index is 0.458. The van der Waals surface area contributed by atoms with Gasteiger partial charge in [0, 0.05) is 0 Å². The predicted octanol–water partition coefficient (Wildman–Crippen LogP) is 1.86. The number of benzene rings is 1. The van der Waals surface area contributed by atoms with Crippen molar-refractivity contribution in [3.63, 3.8) is 0 Å². The van der Waals surface area contributed by atoms with Gasteiger partial charge in [-0.15, -0.1) is 0 Å². The average Bonchev–Trinajstić information content (AvgIpc) is 2.18. The summed E-state index contributed by atoms with van der Waals surface area (Å²) in [6.45, 7) is 4.04. The molecule has 0 saturated carbocycles. The molecule has 16 heavy (non-hydrogen) atoms. The van der Waals surface area contributed by atoms with Crippen molar-refractivity contribution in [1.29, 1.82) is 0 Å². The lowest BCUT2D eigenvalue weighted by Crippen LogP contribution is -2.37. The molecule has 3 heteroatoms. The Morgan fingerprint density at radius 1 is 1.38 bits per heavy atom. The maximum absolute atomic E-state index is 11.1. The number of carbonyl (C=O) groups is 1. The van der Waals surface area contributed by atoms with Gasteiger partial charge < -0.3 is 5.11 Å². The van der Waals surface area contributed by atoms with Crippen molar-refractivity contribution < 1.29 is 9.90 Å². The first-order chi connectivity index (χ1) is 7.41. The summed E-state index contributed by atoms with van der Waals surface area (Å²) in [5.41, 5.74) is 3.43. The Labute approximate surface area is 96.7 Å². The second kappa shape index (κ2) is 5.12. The van der Waals surface area contributed by atoms with Gasteiger partial charge in [-0.05, 0) is 45.5 Å². The highest BCUT2D eigenvalue weighted by molar-refractivity contribution is 5.74. The third kappa shape index (κ3) is 3.07. The van der Waals surface area contributed by atoms with Gasteiger partial charge >= 0.3 is 5.97 Å². The van der Waals surface area contributed by atoms with Crippen LogP contribution < -0.4 is 0 Å². The Hall–Kier alpha value is -1.35. The monoisotopic (exact) mass is 221 g/mol. The molecule has 0 spiro atoms. The molecule has 1 atom stereocenters. The Balaban J connectivity index is 2.93. The van der Waals surface area contributed by atoms with E-state index in [1.54, 1.807) is 19.0 Å². The summed E-state index contributed by atoms with van der Waals surface area (Å²) in [6.07, 6.45) is 0.551. The number of rotatable bonds is 4. The van der Waals surface area contributed by atoms with Gasteiger partial charge in [0.05, 0.1) is 0 Å². The first-order valence-electron chi connectivity index (χ1n) is 5.37. The van der Waals surface area contributed by atoms with Crippen molar-refractivity contribution >= 4 is 5.97 Å². The standard InChI is InChI=1S/C13H19NO2/c1-9-5-6-10(2)11(7-9)8-12(13(15)16)14(3)4/h5-7,12H,8H2,1-4H3,(H,15,16)/t12-/m1/s1. The van der Waals surface area contributed by atoms with Crippen LogP contribution in [0.5, 0.6) is 0 Å². The van der Waals surface area contributed by atoms with Gasteiger partial charge in [0.1, 0.15) is 6.04 Å². The fourth-order valence-electron chi connectivity index (χ4n) is 1.72. The van der Waals surface area contributed by atoms with E-state index in [-0.39, 0.29) is 0 Å². The minimum Gasteiger partial charge on any atom is -0.480 e. The van der Waals surface area contributed by atoms with Crippen molar-refractivity contribution in [1.82, 2.24) is 4.90 Å². The summed E-state index contributed by atoms with van der Waals surface area (Å²) in [5, 5.41) is 9.12. The molecule has 0 aliphatic heterocycles. The van der Waals surface area contributed by atoms with Crippen LogP contribution in [0.25, 0.3) is 0 Å². The first-order valence-corrected chi connectivity index (χ1v) is 5.37. The third-order valence-electron chi connectivity index (χ3n) is 2.83. The zero-order valence-corrected chi connectivity index (χ0v) is 10.3. The quantitative estimate of drug-likeness (QED) is 0.843. The molecule has 0 aliphatic carbocycles. The second-order valence-electron chi connectivity index (χ2n) is 4.45. The van der Waals surface area contributed by atoms with E-state index in [9.17, 15) is 4.79 Å². The zero-order chi connectivity index (χ0) is 12.3. The highest BCUT2D eigenvalue weighted by Gasteiger charge is 2.20. The molecule has 0 unspecified atom stereocenters. The van der Waals surface area contributed by atoms with E-state index in [0.29, 0.717) is 6.42 Å². The summed E-state index contributed by atoms with van der Waals surface area (Å²) in [7, 11) is 3.59. The lowest BCUT2D eigenvalue weighted by molar-refractivity contribution is -0.142. The normalized spacial score (nSPS) is 12.8. The summed E-state index contributed by atoms with van der Waals surface area (Å²) in [6, 6.07) is 5.69. The lowest BCUT2D eigenvalue weighted by Gasteiger charge is -2.21. The summed E-state index contributed by atoms with van der Waals surface area (Å²) in [4.78, 5) is 12.8. The molecule has 0 fully saturated rings. The molecule has 0 aromatic heterocycles. The number of aryl methyl sites for hydroxylation is 2. The molecular formula is C13H19NO2. The number of likely N-dealkylation sites (N-methyl/N-ethyl adjacent to an activating group) is 1. The van der Waals surface area contributed by atoms with E-state index in [1.165, 1.54) is 5.56 Å². The van der Waals surface area contributed by atoms with E-state index >= 15 is 0 Å². The topological polar surface area (TPSA) is 40.5 Å². The van der Waals surface area contributed by atoms with Crippen LogP contribution in [0.4, 0.5) is 0 Å². The Morgan fingerprint density at radius 2 is 2.00 bits per heavy atom. The van der Waals surface area contributed by atoms with E-state index in [1.807, 2.05) is 26.0 Å². The largest absolute Gasteiger partial charge is 0.480 e. The van der Waals surface area contributed by atoms with Gasteiger partial charge in [0.15, 0.2) is 0 Å². The van der Waals surface area contributed by atoms with Crippen LogP contribution in [0.2, 0.25) is 0 Å². The number of carboxylic acid groups (broad SMARTS) is 1. The van der Waals surface area contributed by atoms with Crippen molar-refractivity contribution in [3.05, 3.63) is 34.9 Å². The number of hydrogen-bond acceptors (Lipinski definition) is 2. The van der Waals surface area contributed by atoms with Crippen LogP contribution in [-0.2, 0) is 11.2 Å². The SMILES string of the molecule is Cc1ccc(C)c(C[C@H](C(=O)O)N(C)C)c1. The number of nitrogens with zero attached hydrogens (tertiary/aromatic N) is 1. The third-order valence-corrected chi connectivity index (χ3v) is 2.83. The molecule has 0 bridgehead atoms. The minimum atomic E-state index is -0.772. The molecule has 0 aliphatic rings. The molecule has 3 nitrogen and oxygen atoms in total. The molecule has 1 rings (SSSR count). The van der Waals surface area contributed by atoms with Crippen molar-refractivity contribution in [2.75, 3.05) is 14.1 Å². The molecule has 0 heterocycles. The smallest absolute Gasteiger partial charge is 0.321 e. The predicted molar refractivity (Wildman–Crippen MR) is 64.7 cm³/mol. The average molecular weight is 221 g/mol. The van der Waals surface area contributed by atoms with Crippen molar-refractivity contribution in [3.8, 4) is 0 Å². The number of carboxylic acids is 1. The summed E-state index contributed by atoms with van der Waals surface area (Å²) in [5.74, 6) is -0.772. The molecule has 0 radical (unpaired) electrons. The van der Waals surface area contributed by atoms with E-state index in [4.69, 9.17) is 5.11 Å². The molecule has 1 N–H and O–H groups in total. The van der Waals surface area contributed by atoms with Crippen LogP contribution >= 0.6 is 0 Å².